The number of nitrogens with one attached hydrogen (secondary N) is 1. The van der Waals surface area contributed by atoms with Crippen LogP contribution in [0.15, 0.2) is 29.2 Å². The van der Waals surface area contributed by atoms with Gasteiger partial charge < -0.3 is 19.9 Å². The van der Waals surface area contributed by atoms with Crippen molar-refractivity contribution in [2.24, 2.45) is 0 Å². The third kappa shape index (κ3) is 3.56. The van der Waals surface area contributed by atoms with Crippen LogP contribution in [0, 0.1) is 0 Å². The fraction of sp³-hybridized carbons (Fsp3) is 0.143. The fourth-order valence-electron chi connectivity index (χ4n) is 1.71. The summed E-state index contributed by atoms with van der Waals surface area (Å²) in [7, 11) is 2.98. The van der Waals surface area contributed by atoms with Gasteiger partial charge in [0.1, 0.15) is 10.1 Å². The van der Waals surface area contributed by atoms with Crippen LogP contribution in [0.2, 0.25) is 0 Å². The number of hydrogen-bond acceptors (Lipinski definition) is 6. The quantitative estimate of drug-likeness (QED) is 0.655. The molecule has 1 aromatic carbocycles. The molecule has 1 amide bonds. The predicted octanol–water partition coefficient (Wildman–Crippen LogP) is 2.45. The third-order valence-corrected chi connectivity index (χ3v) is 3.88. The van der Waals surface area contributed by atoms with E-state index in [0.717, 1.165) is 5.56 Å². The van der Waals surface area contributed by atoms with Crippen LogP contribution in [0.5, 0.6) is 17.2 Å². The van der Waals surface area contributed by atoms with Gasteiger partial charge in [-0.25, -0.2) is 0 Å². The molecule has 1 saturated heterocycles. The third-order valence-electron chi connectivity index (χ3n) is 2.70. The number of carbonyl (C=O) groups excluding carboxylic acids is 1. The summed E-state index contributed by atoms with van der Waals surface area (Å²) in [5.74, 6) is 0.644. The fourth-order valence-corrected chi connectivity index (χ4v) is 2.71. The molecule has 1 heterocycles. The van der Waals surface area contributed by atoms with Gasteiger partial charge in [0.15, 0.2) is 11.5 Å². The van der Waals surface area contributed by atoms with Crippen LogP contribution in [-0.4, -0.2) is 29.6 Å². The van der Waals surface area contributed by atoms with Crippen LogP contribution in [0.1, 0.15) is 5.56 Å². The molecule has 0 radical (unpaired) electrons. The number of phenols is 1. The van der Waals surface area contributed by atoms with Crippen molar-refractivity contribution in [2.45, 2.75) is 0 Å². The summed E-state index contributed by atoms with van der Waals surface area (Å²) in [5.41, 5.74) is 0.718. The number of benzene rings is 1. The first-order chi connectivity index (χ1) is 10.0. The number of amides is 1. The Kier molecular flexibility index (Phi) is 4.87. The Morgan fingerprint density at radius 1 is 1.29 bits per heavy atom. The Labute approximate surface area is 131 Å². The number of aromatic hydroxyl groups is 1. The van der Waals surface area contributed by atoms with Crippen molar-refractivity contribution in [3.8, 4) is 17.2 Å². The van der Waals surface area contributed by atoms with Gasteiger partial charge in [0, 0.05) is 11.6 Å². The van der Waals surface area contributed by atoms with E-state index in [1.54, 1.807) is 24.3 Å². The van der Waals surface area contributed by atoms with Gasteiger partial charge in [-0.15, -0.1) is 0 Å². The van der Waals surface area contributed by atoms with E-state index in [2.05, 4.69) is 5.32 Å². The van der Waals surface area contributed by atoms with Crippen LogP contribution >= 0.6 is 24.0 Å². The number of thiocarbonyl (C=S) groups is 1. The molecule has 0 saturated carbocycles. The molecule has 5 nitrogen and oxygen atoms in total. The lowest BCUT2D eigenvalue weighted by Gasteiger charge is -2.09. The summed E-state index contributed by atoms with van der Waals surface area (Å²) in [6, 6.07) is 3.12. The summed E-state index contributed by atoms with van der Waals surface area (Å²) >= 11 is 6.12. The minimum Gasteiger partial charge on any atom is -0.504 e. The highest BCUT2D eigenvalue weighted by molar-refractivity contribution is 8.26. The van der Waals surface area contributed by atoms with Crippen molar-refractivity contribution in [3.05, 3.63) is 34.8 Å². The van der Waals surface area contributed by atoms with Gasteiger partial charge in [0.05, 0.1) is 19.1 Å². The smallest absolute Gasteiger partial charge is 0.263 e. The Hall–Kier alpha value is -1.99. The highest BCUT2D eigenvalue weighted by Gasteiger charge is 2.21. The number of thioether (sulfide) groups is 1. The van der Waals surface area contributed by atoms with Crippen LogP contribution < -0.4 is 14.8 Å². The second kappa shape index (κ2) is 6.64. The van der Waals surface area contributed by atoms with E-state index in [9.17, 15) is 9.90 Å². The second-order valence-electron chi connectivity index (χ2n) is 4.00. The molecule has 7 heteroatoms. The molecule has 0 atom stereocenters. The molecule has 0 bridgehead atoms. The number of hydrogen-bond donors (Lipinski definition) is 2. The molecule has 0 aliphatic carbocycles. The normalized spacial score (nSPS) is 16.6. The Morgan fingerprint density at radius 2 is 2.00 bits per heavy atom. The van der Waals surface area contributed by atoms with E-state index in [4.69, 9.17) is 21.7 Å². The summed E-state index contributed by atoms with van der Waals surface area (Å²) in [4.78, 5) is 12.0. The first-order valence-corrected chi connectivity index (χ1v) is 7.14. The first kappa shape index (κ1) is 15.4. The number of allylic oxidation sites excluding steroid dienone is 2. The van der Waals surface area contributed by atoms with Crippen LogP contribution in [-0.2, 0) is 4.79 Å². The molecule has 1 aromatic rings. The lowest BCUT2D eigenvalue weighted by molar-refractivity contribution is -0.115. The standard InChI is InChI=1S/C14H13NO4S2/c1-18-10-7-9(16)11(19-2)6-8(10)4-3-5-12-13(17)15-14(20)21-12/h3-7,16H,1-2H3,(H,15,17,20)/b4-3+,12-5-. The molecule has 0 aromatic heterocycles. The zero-order valence-electron chi connectivity index (χ0n) is 11.4. The van der Waals surface area contributed by atoms with E-state index in [0.29, 0.717) is 20.7 Å². The van der Waals surface area contributed by atoms with Gasteiger partial charge in [-0.2, -0.15) is 0 Å². The summed E-state index contributed by atoms with van der Waals surface area (Å²) < 4.78 is 10.7. The molecule has 110 valence electrons. The van der Waals surface area contributed by atoms with Crippen molar-refractivity contribution < 1.29 is 19.4 Å². The monoisotopic (exact) mass is 323 g/mol. The molecule has 1 aliphatic heterocycles. The zero-order valence-corrected chi connectivity index (χ0v) is 13.0. The average Bonchev–Trinajstić information content (AvgIpc) is 2.78. The zero-order chi connectivity index (χ0) is 15.4. The van der Waals surface area contributed by atoms with E-state index >= 15 is 0 Å². The highest BCUT2D eigenvalue weighted by atomic mass is 32.2. The Balaban J connectivity index is 2.26. The SMILES string of the molecule is COc1cc(/C=C/C=C2\SC(=S)NC2=O)c(OC)cc1O. The van der Waals surface area contributed by atoms with Gasteiger partial charge in [-0.05, 0) is 12.1 Å². The van der Waals surface area contributed by atoms with Gasteiger partial charge in [-0.1, -0.05) is 36.1 Å². The molecule has 2 rings (SSSR count). The van der Waals surface area contributed by atoms with E-state index in [-0.39, 0.29) is 11.7 Å². The van der Waals surface area contributed by atoms with E-state index < -0.39 is 0 Å². The van der Waals surface area contributed by atoms with Crippen molar-refractivity contribution >= 4 is 40.3 Å². The van der Waals surface area contributed by atoms with Crippen molar-refractivity contribution in [1.82, 2.24) is 5.32 Å². The summed E-state index contributed by atoms with van der Waals surface area (Å²) in [6.07, 6.45) is 5.13. The van der Waals surface area contributed by atoms with Crippen LogP contribution in [0.3, 0.4) is 0 Å². The van der Waals surface area contributed by atoms with Crippen molar-refractivity contribution in [2.75, 3.05) is 14.2 Å². The lowest BCUT2D eigenvalue weighted by Crippen LogP contribution is -2.17. The predicted molar refractivity (Wildman–Crippen MR) is 86.7 cm³/mol. The second-order valence-corrected chi connectivity index (χ2v) is 5.72. The minimum absolute atomic E-state index is 0.000861. The van der Waals surface area contributed by atoms with E-state index in [1.165, 1.54) is 32.0 Å². The number of carbonyl (C=O) groups is 1. The number of methoxy groups -OCH3 is 2. The molecular weight excluding hydrogens is 310 g/mol. The Bertz CT molecular complexity index is 653. The molecule has 2 N–H and O–H groups in total. The maximum Gasteiger partial charge on any atom is 0.263 e. The largest absolute Gasteiger partial charge is 0.504 e. The molecule has 0 spiro atoms. The number of rotatable bonds is 4. The lowest BCUT2D eigenvalue weighted by atomic mass is 10.1. The van der Waals surface area contributed by atoms with Gasteiger partial charge in [0.25, 0.3) is 5.91 Å². The van der Waals surface area contributed by atoms with Crippen LogP contribution in [0.4, 0.5) is 0 Å². The first-order valence-electron chi connectivity index (χ1n) is 5.91. The van der Waals surface area contributed by atoms with Crippen molar-refractivity contribution in [3.63, 3.8) is 0 Å². The maximum atomic E-state index is 11.5. The van der Waals surface area contributed by atoms with Gasteiger partial charge in [-0.3, -0.25) is 4.79 Å². The average molecular weight is 323 g/mol. The molecule has 1 fully saturated rings. The molecule has 1 aliphatic rings. The Morgan fingerprint density at radius 3 is 2.57 bits per heavy atom. The van der Waals surface area contributed by atoms with Gasteiger partial charge in [0.2, 0.25) is 0 Å². The minimum atomic E-state index is -0.204. The highest BCUT2D eigenvalue weighted by Crippen LogP contribution is 2.34. The molecule has 0 unspecified atom stereocenters. The number of ether oxygens (including phenoxy) is 2. The van der Waals surface area contributed by atoms with Crippen molar-refractivity contribution in [1.29, 1.82) is 0 Å². The van der Waals surface area contributed by atoms with Crippen LogP contribution in [0.25, 0.3) is 6.08 Å². The summed E-state index contributed by atoms with van der Waals surface area (Å²) in [6.45, 7) is 0. The summed E-state index contributed by atoms with van der Waals surface area (Å²) in [5, 5.41) is 12.2. The van der Waals surface area contributed by atoms with E-state index in [1.807, 2.05) is 0 Å². The molecule has 21 heavy (non-hydrogen) atoms. The molecular formula is C14H13NO4S2. The number of phenolic OH excluding ortho intramolecular Hbond substituents is 1. The van der Waals surface area contributed by atoms with Gasteiger partial charge >= 0.3 is 0 Å². The topological polar surface area (TPSA) is 67.8 Å². The maximum absolute atomic E-state index is 11.5.